The predicted molar refractivity (Wildman–Crippen MR) is 106 cm³/mol. The first kappa shape index (κ1) is 19.9. The van der Waals surface area contributed by atoms with Gasteiger partial charge < -0.3 is 4.90 Å². The number of amides is 1. The Morgan fingerprint density at radius 1 is 1.33 bits per heavy atom. The molecule has 0 fully saturated rings. The maximum Gasteiger partial charge on any atom is 0.238 e. The number of hydrogen-bond donors (Lipinski definition) is 1. The molecule has 2 N–H and O–H groups in total. The van der Waals surface area contributed by atoms with Gasteiger partial charge in [-0.15, -0.1) is 11.8 Å². The van der Waals surface area contributed by atoms with Gasteiger partial charge in [-0.1, -0.05) is 18.2 Å². The molecule has 27 heavy (non-hydrogen) atoms. The summed E-state index contributed by atoms with van der Waals surface area (Å²) in [6.07, 6.45) is 0.567. The Morgan fingerprint density at radius 2 is 2.04 bits per heavy atom. The molecule has 0 spiro atoms. The highest BCUT2D eigenvalue weighted by Crippen LogP contribution is 2.36. The van der Waals surface area contributed by atoms with E-state index in [0.717, 1.165) is 5.56 Å². The van der Waals surface area contributed by atoms with E-state index in [1.165, 1.54) is 30.0 Å². The Balaban J connectivity index is 1.74. The molecule has 1 amide bonds. The quantitative estimate of drug-likeness (QED) is 0.824. The van der Waals surface area contributed by atoms with Gasteiger partial charge in [-0.05, 0) is 50.1 Å². The summed E-state index contributed by atoms with van der Waals surface area (Å²) in [5, 5.41) is 5.03. The molecule has 2 atom stereocenters. The number of carbonyl (C=O) groups excluding carboxylic acids is 1. The van der Waals surface area contributed by atoms with Crippen LogP contribution in [0, 0.1) is 5.82 Å². The molecule has 8 heteroatoms. The number of fused-ring (bicyclic) bond motifs is 1. The van der Waals surface area contributed by atoms with Gasteiger partial charge >= 0.3 is 0 Å². The van der Waals surface area contributed by atoms with Crippen LogP contribution in [-0.2, 0) is 21.2 Å². The number of thioether (sulfide) groups is 1. The molecular weight excluding hydrogens is 387 g/mol. The highest BCUT2D eigenvalue weighted by molar-refractivity contribution is 8.00. The number of rotatable bonds is 5. The summed E-state index contributed by atoms with van der Waals surface area (Å²) in [5.74, 6) is -0.158. The zero-order valence-electron chi connectivity index (χ0n) is 15.1. The molecule has 144 valence electrons. The van der Waals surface area contributed by atoms with Gasteiger partial charge in [0.2, 0.25) is 15.9 Å². The van der Waals surface area contributed by atoms with Crippen LogP contribution < -0.4 is 10.0 Å². The first-order valence-corrected chi connectivity index (χ1v) is 11.1. The first-order chi connectivity index (χ1) is 12.7. The van der Waals surface area contributed by atoms with Crippen molar-refractivity contribution in [1.29, 1.82) is 0 Å². The number of nitrogens with two attached hydrogens (primary N) is 1. The zero-order valence-corrected chi connectivity index (χ0v) is 16.7. The highest BCUT2D eigenvalue weighted by atomic mass is 32.2. The minimum atomic E-state index is -3.78. The SMILES string of the molecule is CC(SCC(=O)N1c2ccc(S(N)(=O)=O)cc2CC1C)c1ccccc1F. The van der Waals surface area contributed by atoms with E-state index in [9.17, 15) is 17.6 Å². The van der Waals surface area contributed by atoms with E-state index in [2.05, 4.69) is 0 Å². The Labute approximate surface area is 162 Å². The molecule has 0 aliphatic carbocycles. The van der Waals surface area contributed by atoms with Crippen LogP contribution in [0.25, 0.3) is 0 Å². The number of carbonyl (C=O) groups is 1. The summed E-state index contributed by atoms with van der Waals surface area (Å²) >= 11 is 1.38. The average Bonchev–Trinajstić information content (AvgIpc) is 2.94. The van der Waals surface area contributed by atoms with Gasteiger partial charge in [-0.2, -0.15) is 0 Å². The largest absolute Gasteiger partial charge is 0.308 e. The van der Waals surface area contributed by atoms with E-state index in [1.807, 2.05) is 13.8 Å². The number of hydrogen-bond acceptors (Lipinski definition) is 4. The van der Waals surface area contributed by atoms with E-state index in [-0.39, 0.29) is 33.7 Å². The molecule has 3 rings (SSSR count). The van der Waals surface area contributed by atoms with Crippen molar-refractivity contribution in [1.82, 2.24) is 0 Å². The van der Waals surface area contributed by atoms with Crippen molar-refractivity contribution in [2.75, 3.05) is 10.7 Å². The van der Waals surface area contributed by atoms with Gasteiger partial charge in [0.25, 0.3) is 0 Å². The molecule has 2 unspecified atom stereocenters. The molecule has 0 radical (unpaired) electrons. The third-order valence-corrected chi connectivity index (χ3v) is 6.74. The molecular formula is C19H21FN2O3S2. The number of primary sulfonamides is 1. The van der Waals surface area contributed by atoms with E-state index in [4.69, 9.17) is 5.14 Å². The van der Waals surface area contributed by atoms with Crippen molar-refractivity contribution in [2.24, 2.45) is 5.14 Å². The second-order valence-electron chi connectivity index (χ2n) is 6.63. The number of halogens is 1. The number of nitrogens with zero attached hydrogens (tertiary/aromatic N) is 1. The van der Waals surface area contributed by atoms with Crippen LogP contribution >= 0.6 is 11.8 Å². The Hall–Kier alpha value is -1.90. The normalized spacial score (nSPS) is 17.6. The van der Waals surface area contributed by atoms with Gasteiger partial charge in [0.1, 0.15) is 5.82 Å². The average molecular weight is 409 g/mol. The fourth-order valence-corrected chi connectivity index (χ4v) is 4.79. The Morgan fingerprint density at radius 3 is 2.70 bits per heavy atom. The number of anilines is 1. The Kier molecular flexibility index (Phi) is 5.60. The lowest BCUT2D eigenvalue weighted by molar-refractivity contribution is -0.116. The third kappa shape index (κ3) is 4.17. The predicted octanol–water partition coefficient (Wildman–Crippen LogP) is 3.25. The lowest BCUT2D eigenvalue weighted by Gasteiger charge is -2.23. The summed E-state index contributed by atoms with van der Waals surface area (Å²) in [6.45, 7) is 3.79. The van der Waals surface area contributed by atoms with Crippen molar-refractivity contribution < 1.29 is 17.6 Å². The molecule has 5 nitrogen and oxygen atoms in total. The second kappa shape index (κ2) is 7.61. The Bertz CT molecular complexity index is 979. The van der Waals surface area contributed by atoms with Crippen molar-refractivity contribution >= 4 is 33.4 Å². The van der Waals surface area contributed by atoms with Crippen molar-refractivity contribution in [2.45, 2.75) is 36.5 Å². The molecule has 1 aliphatic heterocycles. The van der Waals surface area contributed by atoms with Crippen molar-refractivity contribution in [3.8, 4) is 0 Å². The van der Waals surface area contributed by atoms with Crippen LogP contribution in [0.4, 0.5) is 10.1 Å². The van der Waals surface area contributed by atoms with E-state index in [1.54, 1.807) is 29.2 Å². The molecule has 1 heterocycles. The van der Waals surface area contributed by atoms with Gasteiger partial charge in [-0.25, -0.2) is 17.9 Å². The van der Waals surface area contributed by atoms with E-state index in [0.29, 0.717) is 17.7 Å². The fourth-order valence-electron chi connectivity index (χ4n) is 3.32. The minimum Gasteiger partial charge on any atom is -0.308 e. The molecule has 0 saturated carbocycles. The standard InChI is InChI=1S/C19H21FN2O3S2/c1-12-9-14-10-15(27(21,24)25)7-8-18(14)22(12)19(23)11-26-13(2)16-5-3-4-6-17(16)20/h3-8,10,12-13H,9,11H2,1-2H3,(H2,21,24,25). The lowest BCUT2D eigenvalue weighted by atomic mass is 10.1. The van der Waals surface area contributed by atoms with Crippen LogP contribution in [0.5, 0.6) is 0 Å². The molecule has 1 aliphatic rings. The van der Waals surface area contributed by atoms with Crippen LogP contribution in [-0.4, -0.2) is 26.1 Å². The van der Waals surface area contributed by atoms with Crippen LogP contribution in [0.15, 0.2) is 47.4 Å². The topological polar surface area (TPSA) is 80.5 Å². The third-order valence-electron chi connectivity index (χ3n) is 4.66. The fraction of sp³-hybridized carbons (Fsp3) is 0.316. The summed E-state index contributed by atoms with van der Waals surface area (Å²) < 4.78 is 37.0. The molecule has 0 aromatic heterocycles. The summed E-state index contributed by atoms with van der Waals surface area (Å²) in [6, 6.07) is 11.1. The number of sulfonamides is 1. The monoisotopic (exact) mass is 408 g/mol. The lowest BCUT2D eigenvalue weighted by Crippen LogP contribution is -2.37. The molecule has 0 bridgehead atoms. The van der Waals surface area contributed by atoms with Crippen LogP contribution in [0.3, 0.4) is 0 Å². The smallest absolute Gasteiger partial charge is 0.238 e. The minimum absolute atomic E-state index is 0.0466. The zero-order chi connectivity index (χ0) is 19.8. The maximum atomic E-state index is 13.9. The van der Waals surface area contributed by atoms with Gasteiger partial charge in [0.15, 0.2) is 0 Å². The highest BCUT2D eigenvalue weighted by Gasteiger charge is 2.32. The summed E-state index contributed by atoms with van der Waals surface area (Å²) in [7, 11) is -3.78. The first-order valence-electron chi connectivity index (χ1n) is 8.52. The molecule has 2 aromatic rings. The second-order valence-corrected chi connectivity index (χ2v) is 9.52. The van der Waals surface area contributed by atoms with Crippen molar-refractivity contribution in [3.05, 3.63) is 59.4 Å². The molecule has 2 aromatic carbocycles. The van der Waals surface area contributed by atoms with Crippen LogP contribution in [0.1, 0.15) is 30.2 Å². The van der Waals surface area contributed by atoms with Crippen molar-refractivity contribution in [3.63, 3.8) is 0 Å². The van der Waals surface area contributed by atoms with Crippen LogP contribution in [0.2, 0.25) is 0 Å². The van der Waals surface area contributed by atoms with Gasteiger partial charge in [0.05, 0.1) is 10.6 Å². The van der Waals surface area contributed by atoms with E-state index >= 15 is 0 Å². The molecule has 0 saturated heterocycles. The summed E-state index contributed by atoms with van der Waals surface area (Å²) in [4.78, 5) is 14.5. The maximum absolute atomic E-state index is 13.9. The summed E-state index contributed by atoms with van der Waals surface area (Å²) in [5.41, 5.74) is 2.07. The van der Waals surface area contributed by atoms with Gasteiger partial charge in [-0.3, -0.25) is 4.79 Å². The van der Waals surface area contributed by atoms with E-state index < -0.39 is 10.0 Å². The number of benzene rings is 2. The van der Waals surface area contributed by atoms with Gasteiger partial charge in [0, 0.05) is 22.5 Å².